The summed E-state index contributed by atoms with van der Waals surface area (Å²) in [6.07, 6.45) is 4.53. The molecule has 0 saturated carbocycles. The quantitative estimate of drug-likeness (QED) is 0.811. The van der Waals surface area contributed by atoms with Crippen molar-refractivity contribution in [2.45, 2.75) is 52.3 Å². The zero-order valence-electron chi connectivity index (χ0n) is 12.9. The van der Waals surface area contributed by atoms with Crippen molar-refractivity contribution in [3.8, 4) is 0 Å². The molecule has 0 aliphatic carbocycles. The molecule has 0 bridgehead atoms. The predicted octanol–water partition coefficient (Wildman–Crippen LogP) is 2.58. The average molecular weight is 277 g/mol. The van der Waals surface area contributed by atoms with Gasteiger partial charge >= 0.3 is 0 Å². The number of anilines is 1. The largest absolute Gasteiger partial charge is 0.375 e. The number of nitrogens with zero attached hydrogens (tertiary/aromatic N) is 2. The van der Waals surface area contributed by atoms with Crippen LogP contribution in [0.2, 0.25) is 0 Å². The van der Waals surface area contributed by atoms with E-state index < -0.39 is 0 Å². The Hall–Kier alpha value is -1.13. The van der Waals surface area contributed by atoms with Gasteiger partial charge in [-0.15, -0.1) is 0 Å². The van der Waals surface area contributed by atoms with Gasteiger partial charge in [-0.1, -0.05) is 19.9 Å². The van der Waals surface area contributed by atoms with Crippen molar-refractivity contribution < 1.29 is 4.74 Å². The van der Waals surface area contributed by atoms with Crippen molar-refractivity contribution in [3.05, 3.63) is 23.9 Å². The standard InChI is InChI=1S/C16H27N3O/c1-4-8-17-9-14-6-7-16(18-10-14)19-11-13(3)20-12-15(19)5-2/h6-7,10,13,15,17H,4-5,8-9,11-12H2,1-3H3. The Morgan fingerprint density at radius 1 is 1.40 bits per heavy atom. The van der Waals surface area contributed by atoms with Crippen molar-refractivity contribution in [1.29, 1.82) is 0 Å². The van der Waals surface area contributed by atoms with Gasteiger partial charge in [0, 0.05) is 19.3 Å². The van der Waals surface area contributed by atoms with Crippen LogP contribution >= 0.6 is 0 Å². The Morgan fingerprint density at radius 2 is 2.25 bits per heavy atom. The average Bonchev–Trinajstić information content (AvgIpc) is 2.48. The molecule has 0 aromatic carbocycles. The maximum atomic E-state index is 5.74. The molecule has 112 valence electrons. The summed E-state index contributed by atoms with van der Waals surface area (Å²) >= 11 is 0. The van der Waals surface area contributed by atoms with Crippen LogP contribution in [0.3, 0.4) is 0 Å². The maximum absolute atomic E-state index is 5.74. The van der Waals surface area contributed by atoms with Crippen molar-refractivity contribution in [3.63, 3.8) is 0 Å². The summed E-state index contributed by atoms with van der Waals surface area (Å²) in [5.74, 6) is 1.08. The van der Waals surface area contributed by atoms with Crippen LogP contribution in [0.4, 0.5) is 5.82 Å². The first-order chi connectivity index (χ1) is 9.74. The lowest BCUT2D eigenvalue weighted by molar-refractivity contribution is 0.0296. The highest BCUT2D eigenvalue weighted by molar-refractivity contribution is 5.41. The van der Waals surface area contributed by atoms with E-state index in [0.717, 1.165) is 44.9 Å². The van der Waals surface area contributed by atoms with E-state index in [4.69, 9.17) is 4.74 Å². The molecule has 0 spiro atoms. The van der Waals surface area contributed by atoms with E-state index in [-0.39, 0.29) is 6.10 Å². The Labute approximate surface area is 122 Å². The van der Waals surface area contributed by atoms with E-state index in [0.29, 0.717) is 6.04 Å². The summed E-state index contributed by atoms with van der Waals surface area (Å²) in [5.41, 5.74) is 1.25. The minimum Gasteiger partial charge on any atom is -0.375 e. The first-order valence-electron chi connectivity index (χ1n) is 7.78. The molecule has 1 aliphatic rings. The summed E-state index contributed by atoms with van der Waals surface area (Å²) in [6, 6.07) is 4.77. The lowest BCUT2D eigenvalue weighted by atomic mass is 10.1. The van der Waals surface area contributed by atoms with Crippen molar-refractivity contribution in [2.24, 2.45) is 0 Å². The van der Waals surface area contributed by atoms with Crippen molar-refractivity contribution >= 4 is 5.82 Å². The van der Waals surface area contributed by atoms with E-state index in [1.54, 1.807) is 0 Å². The van der Waals surface area contributed by atoms with Gasteiger partial charge in [0.2, 0.25) is 0 Å². The maximum Gasteiger partial charge on any atom is 0.128 e. The Bertz CT molecular complexity index is 393. The fraction of sp³-hybridized carbons (Fsp3) is 0.688. The van der Waals surface area contributed by atoms with Crippen LogP contribution in [0.15, 0.2) is 18.3 Å². The minimum atomic E-state index is 0.283. The molecule has 4 heteroatoms. The molecule has 2 heterocycles. The van der Waals surface area contributed by atoms with Gasteiger partial charge in [0.1, 0.15) is 5.82 Å². The molecule has 1 aliphatic heterocycles. The van der Waals surface area contributed by atoms with Crippen LogP contribution in [0.25, 0.3) is 0 Å². The molecular weight excluding hydrogens is 250 g/mol. The van der Waals surface area contributed by atoms with E-state index in [2.05, 4.69) is 48.1 Å². The summed E-state index contributed by atoms with van der Waals surface area (Å²) in [4.78, 5) is 7.03. The number of hydrogen-bond acceptors (Lipinski definition) is 4. The van der Waals surface area contributed by atoms with Crippen LogP contribution < -0.4 is 10.2 Å². The number of ether oxygens (including phenoxy) is 1. The number of hydrogen-bond donors (Lipinski definition) is 1. The fourth-order valence-electron chi connectivity index (χ4n) is 2.56. The molecule has 4 nitrogen and oxygen atoms in total. The minimum absolute atomic E-state index is 0.283. The SMILES string of the molecule is CCCNCc1ccc(N2CC(C)OCC2CC)nc1. The molecule has 0 radical (unpaired) electrons. The number of pyridine rings is 1. The van der Waals surface area contributed by atoms with E-state index in [9.17, 15) is 0 Å². The second kappa shape index (κ2) is 7.60. The van der Waals surface area contributed by atoms with Gasteiger partial charge < -0.3 is 15.0 Å². The molecule has 2 unspecified atom stereocenters. The lowest BCUT2D eigenvalue weighted by Gasteiger charge is -2.39. The molecule has 20 heavy (non-hydrogen) atoms. The second-order valence-electron chi connectivity index (χ2n) is 5.56. The highest BCUT2D eigenvalue weighted by atomic mass is 16.5. The Morgan fingerprint density at radius 3 is 2.90 bits per heavy atom. The molecule has 1 aromatic heterocycles. The van der Waals surface area contributed by atoms with Crippen LogP contribution in [0.1, 0.15) is 39.2 Å². The lowest BCUT2D eigenvalue weighted by Crippen LogP contribution is -2.49. The third kappa shape index (κ3) is 3.93. The molecule has 1 fully saturated rings. The summed E-state index contributed by atoms with van der Waals surface area (Å²) < 4.78 is 5.74. The van der Waals surface area contributed by atoms with Crippen LogP contribution in [0, 0.1) is 0 Å². The summed E-state index contributed by atoms with van der Waals surface area (Å²) in [7, 11) is 0. The van der Waals surface area contributed by atoms with Gasteiger partial charge in [-0.2, -0.15) is 0 Å². The Balaban J connectivity index is 2.00. The number of rotatable bonds is 6. The molecule has 0 amide bonds. The molecule has 2 rings (SSSR count). The normalized spacial score (nSPS) is 23.1. The number of nitrogens with one attached hydrogen (secondary N) is 1. The zero-order chi connectivity index (χ0) is 14.4. The molecule has 2 atom stereocenters. The predicted molar refractivity (Wildman–Crippen MR) is 83.1 cm³/mol. The van der Waals surface area contributed by atoms with Crippen LogP contribution in [0.5, 0.6) is 0 Å². The number of aromatic nitrogens is 1. The summed E-state index contributed by atoms with van der Waals surface area (Å²) in [5, 5.41) is 3.40. The first-order valence-corrected chi connectivity index (χ1v) is 7.78. The molecular formula is C16H27N3O. The first kappa shape index (κ1) is 15.3. The van der Waals surface area contributed by atoms with E-state index in [1.807, 2.05) is 6.20 Å². The molecule has 1 N–H and O–H groups in total. The fourth-order valence-corrected chi connectivity index (χ4v) is 2.56. The monoisotopic (exact) mass is 277 g/mol. The smallest absolute Gasteiger partial charge is 0.128 e. The number of morpholine rings is 1. The van der Waals surface area contributed by atoms with E-state index >= 15 is 0 Å². The van der Waals surface area contributed by atoms with Gasteiger partial charge in [-0.05, 0) is 37.9 Å². The highest BCUT2D eigenvalue weighted by Crippen LogP contribution is 2.21. The summed E-state index contributed by atoms with van der Waals surface area (Å²) in [6.45, 7) is 10.2. The van der Waals surface area contributed by atoms with Crippen LogP contribution in [-0.4, -0.2) is 36.8 Å². The zero-order valence-corrected chi connectivity index (χ0v) is 12.9. The van der Waals surface area contributed by atoms with Gasteiger partial charge in [-0.3, -0.25) is 0 Å². The highest BCUT2D eigenvalue weighted by Gasteiger charge is 2.26. The van der Waals surface area contributed by atoms with Gasteiger partial charge in [0.15, 0.2) is 0 Å². The molecule has 1 aromatic rings. The second-order valence-corrected chi connectivity index (χ2v) is 5.56. The van der Waals surface area contributed by atoms with Gasteiger partial charge in [-0.25, -0.2) is 4.98 Å². The third-order valence-corrected chi connectivity index (χ3v) is 3.80. The molecule has 1 saturated heterocycles. The Kier molecular flexibility index (Phi) is 5.80. The van der Waals surface area contributed by atoms with Crippen molar-refractivity contribution in [2.75, 3.05) is 24.6 Å². The third-order valence-electron chi connectivity index (χ3n) is 3.80. The van der Waals surface area contributed by atoms with Gasteiger partial charge in [0.25, 0.3) is 0 Å². The van der Waals surface area contributed by atoms with Gasteiger partial charge in [0.05, 0.1) is 18.8 Å². The van der Waals surface area contributed by atoms with E-state index in [1.165, 1.54) is 5.56 Å². The van der Waals surface area contributed by atoms with Crippen LogP contribution in [-0.2, 0) is 11.3 Å². The topological polar surface area (TPSA) is 37.4 Å². The van der Waals surface area contributed by atoms with Crippen molar-refractivity contribution in [1.82, 2.24) is 10.3 Å².